The average Bonchev–Trinajstić information content (AvgIpc) is 3.19. The molecular formula is C21H22N3O2+. The first-order chi connectivity index (χ1) is 12.7. The lowest BCUT2D eigenvalue weighted by Gasteiger charge is -2.14. The number of quaternary nitrogens is 1. The van der Waals surface area contributed by atoms with Gasteiger partial charge in [0.2, 0.25) is 5.91 Å². The normalized spacial score (nSPS) is 17.4. The number of fused-ring (bicyclic) bond motifs is 1. The van der Waals surface area contributed by atoms with E-state index in [1.807, 2.05) is 54.0 Å². The lowest BCUT2D eigenvalue weighted by atomic mass is 10.1. The molecule has 5 heteroatoms. The third-order valence-electron chi connectivity index (χ3n) is 5.00. The fourth-order valence-electron chi connectivity index (χ4n) is 3.60. The number of likely N-dealkylation sites (tertiary alicyclic amines) is 1. The quantitative estimate of drug-likeness (QED) is 0.665. The van der Waals surface area contributed by atoms with Gasteiger partial charge in [0.15, 0.2) is 6.04 Å². The van der Waals surface area contributed by atoms with Gasteiger partial charge in [-0.25, -0.2) is 0 Å². The highest BCUT2D eigenvalue weighted by Gasteiger charge is 2.40. The first-order valence-corrected chi connectivity index (χ1v) is 8.99. The van der Waals surface area contributed by atoms with Crippen molar-refractivity contribution in [1.82, 2.24) is 9.88 Å². The molecule has 5 nitrogen and oxygen atoms in total. The van der Waals surface area contributed by atoms with E-state index < -0.39 is 0 Å². The summed E-state index contributed by atoms with van der Waals surface area (Å²) in [5.41, 5.74) is 3.35. The van der Waals surface area contributed by atoms with Crippen LogP contribution in [0.2, 0.25) is 0 Å². The van der Waals surface area contributed by atoms with Crippen molar-refractivity contribution in [3.8, 4) is 0 Å². The average molecular weight is 348 g/mol. The Bertz CT molecular complexity index is 933. The zero-order chi connectivity index (χ0) is 17.9. The molecule has 132 valence electrons. The molecule has 1 aromatic heterocycles. The number of hydrogen-bond acceptors (Lipinski definition) is 2. The van der Waals surface area contributed by atoms with Gasteiger partial charge >= 0.3 is 0 Å². The number of H-pyrrole nitrogens is 1. The fourth-order valence-corrected chi connectivity index (χ4v) is 3.60. The molecule has 26 heavy (non-hydrogen) atoms. The number of hydrogen-bond donors (Lipinski definition) is 2. The van der Waals surface area contributed by atoms with E-state index in [0.29, 0.717) is 13.0 Å². The number of carbonyl (C=O) groups excluding carboxylic acids is 2. The molecule has 2 amide bonds. The highest BCUT2D eigenvalue weighted by atomic mass is 16.2. The van der Waals surface area contributed by atoms with Crippen molar-refractivity contribution in [2.75, 3.05) is 6.54 Å². The Labute approximate surface area is 152 Å². The number of benzene rings is 2. The molecular weight excluding hydrogens is 326 g/mol. The molecule has 4 rings (SSSR count). The predicted molar refractivity (Wildman–Crippen MR) is 99.2 cm³/mol. The standard InChI is InChI=1S/C21H21N3O2/c25-20-12-19(21(26)24(20)14-15-6-2-1-3-7-15)22-11-10-16-13-23-18-9-5-4-8-17(16)18/h1-9,13,19,22-23H,10-12,14H2/p+1/t19-/m1/s1. The number of aromatic nitrogens is 1. The summed E-state index contributed by atoms with van der Waals surface area (Å²) in [5, 5.41) is 3.23. The number of aromatic amines is 1. The highest BCUT2D eigenvalue weighted by molar-refractivity contribution is 6.04. The zero-order valence-electron chi connectivity index (χ0n) is 14.5. The van der Waals surface area contributed by atoms with Crippen LogP contribution in [0.25, 0.3) is 10.9 Å². The van der Waals surface area contributed by atoms with Crippen LogP contribution < -0.4 is 5.32 Å². The third-order valence-corrected chi connectivity index (χ3v) is 5.00. The molecule has 0 spiro atoms. The molecule has 0 saturated carbocycles. The van der Waals surface area contributed by atoms with Crippen LogP contribution in [0, 0.1) is 0 Å². The number of para-hydroxylation sites is 1. The van der Waals surface area contributed by atoms with Crippen LogP contribution in [0.5, 0.6) is 0 Å². The number of nitrogens with two attached hydrogens (primary N) is 1. The lowest BCUT2D eigenvalue weighted by molar-refractivity contribution is -0.674. The minimum Gasteiger partial charge on any atom is -0.361 e. The van der Waals surface area contributed by atoms with Gasteiger partial charge in [-0.3, -0.25) is 14.5 Å². The molecule has 1 atom stereocenters. The number of imide groups is 1. The number of rotatable bonds is 6. The van der Waals surface area contributed by atoms with E-state index in [4.69, 9.17) is 0 Å². The highest BCUT2D eigenvalue weighted by Crippen LogP contribution is 2.18. The van der Waals surface area contributed by atoms with Gasteiger partial charge in [0.1, 0.15) is 0 Å². The summed E-state index contributed by atoms with van der Waals surface area (Å²) in [4.78, 5) is 29.5. The molecule has 1 aliphatic heterocycles. The maximum Gasteiger partial charge on any atom is 0.288 e. The Morgan fingerprint density at radius 1 is 1.04 bits per heavy atom. The molecule has 0 unspecified atom stereocenters. The topological polar surface area (TPSA) is 69.8 Å². The molecule has 1 aliphatic rings. The van der Waals surface area contributed by atoms with Crippen molar-refractivity contribution in [3.63, 3.8) is 0 Å². The first kappa shape index (κ1) is 16.5. The lowest BCUT2D eigenvalue weighted by Crippen LogP contribution is -2.91. The minimum atomic E-state index is -0.295. The summed E-state index contributed by atoms with van der Waals surface area (Å²) in [5.74, 6) is -0.148. The molecule has 3 N–H and O–H groups in total. The third kappa shape index (κ3) is 3.26. The summed E-state index contributed by atoms with van der Waals surface area (Å²) in [6.07, 6.45) is 3.18. The van der Waals surface area contributed by atoms with Crippen molar-refractivity contribution in [1.29, 1.82) is 0 Å². The molecule has 0 radical (unpaired) electrons. The molecule has 2 aromatic carbocycles. The summed E-state index contributed by atoms with van der Waals surface area (Å²) >= 11 is 0. The van der Waals surface area contributed by atoms with Crippen LogP contribution in [0.15, 0.2) is 60.8 Å². The summed E-state index contributed by atoms with van der Waals surface area (Å²) in [7, 11) is 0. The smallest absolute Gasteiger partial charge is 0.288 e. The molecule has 0 aliphatic carbocycles. The number of amides is 2. The van der Waals surface area contributed by atoms with Gasteiger partial charge in [-0.05, 0) is 17.2 Å². The van der Waals surface area contributed by atoms with Crippen LogP contribution in [0.1, 0.15) is 17.5 Å². The predicted octanol–water partition coefficient (Wildman–Crippen LogP) is 1.60. The Morgan fingerprint density at radius 3 is 2.65 bits per heavy atom. The Hall–Kier alpha value is -2.92. The van der Waals surface area contributed by atoms with Gasteiger partial charge in [-0.2, -0.15) is 0 Å². The van der Waals surface area contributed by atoms with E-state index in [0.717, 1.165) is 24.0 Å². The molecule has 0 bridgehead atoms. The number of carbonyl (C=O) groups is 2. The Balaban J connectivity index is 1.35. The summed E-state index contributed by atoms with van der Waals surface area (Å²) in [6, 6.07) is 17.6. The van der Waals surface area contributed by atoms with Crippen molar-refractivity contribution in [2.24, 2.45) is 0 Å². The van der Waals surface area contributed by atoms with Gasteiger partial charge in [0.25, 0.3) is 5.91 Å². The van der Waals surface area contributed by atoms with E-state index in [9.17, 15) is 9.59 Å². The van der Waals surface area contributed by atoms with Crippen LogP contribution in [-0.4, -0.2) is 34.3 Å². The number of nitrogens with one attached hydrogen (secondary N) is 1. The van der Waals surface area contributed by atoms with E-state index in [1.54, 1.807) is 0 Å². The second-order valence-electron chi connectivity index (χ2n) is 6.75. The van der Waals surface area contributed by atoms with Crippen LogP contribution in [-0.2, 0) is 22.6 Å². The summed E-state index contributed by atoms with van der Waals surface area (Å²) < 4.78 is 0. The molecule has 2 heterocycles. The van der Waals surface area contributed by atoms with Crippen LogP contribution in [0.4, 0.5) is 0 Å². The van der Waals surface area contributed by atoms with Gasteiger partial charge < -0.3 is 10.3 Å². The number of nitrogens with zero attached hydrogens (tertiary/aromatic N) is 1. The van der Waals surface area contributed by atoms with Gasteiger partial charge in [0, 0.05) is 23.5 Å². The van der Waals surface area contributed by atoms with Gasteiger partial charge in [0.05, 0.1) is 19.5 Å². The first-order valence-electron chi connectivity index (χ1n) is 8.99. The second-order valence-corrected chi connectivity index (χ2v) is 6.75. The van der Waals surface area contributed by atoms with Crippen molar-refractivity contribution in [2.45, 2.75) is 25.4 Å². The maximum atomic E-state index is 12.6. The van der Waals surface area contributed by atoms with E-state index in [-0.39, 0.29) is 17.9 Å². The van der Waals surface area contributed by atoms with Crippen LogP contribution >= 0.6 is 0 Å². The van der Waals surface area contributed by atoms with E-state index >= 15 is 0 Å². The van der Waals surface area contributed by atoms with Crippen molar-refractivity contribution in [3.05, 3.63) is 71.9 Å². The van der Waals surface area contributed by atoms with E-state index in [2.05, 4.69) is 17.1 Å². The van der Waals surface area contributed by atoms with E-state index in [1.165, 1.54) is 15.8 Å². The SMILES string of the molecule is O=C1C[C@@H]([NH2+]CCc2c[nH]c3ccccc23)C(=O)N1Cc1ccccc1. The Morgan fingerprint density at radius 2 is 1.81 bits per heavy atom. The molecule has 1 fully saturated rings. The van der Waals surface area contributed by atoms with Gasteiger partial charge in [-0.15, -0.1) is 0 Å². The van der Waals surface area contributed by atoms with Crippen molar-refractivity contribution < 1.29 is 14.9 Å². The molecule has 1 saturated heterocycles. The molecule has 3 aromatic rings. The van der Waals surface area contributed by atoms with Crippen molar-refractivity contribution >= 4 is 22.7 Å². The minimum absolute atomic E-state index is 0.0715. The Kier molecular flexibility index (Phi) is 4.54. The zero-order valence-corrected chi connectivity index (χ0v) is 14.5. The largest absolute Gasteiger partial charge is 0.361 e. The van der Waals surface area contributed by atoms with Gasteiger partial charge in [-0.1, -0.05) is 48.5 Å². The second kappa shape index (κ2) is 7.14. The van der Waals surface area contributed by atoms with Crippen LogP contribution in [0.3, 0.4) is 0 Å². The monoisotopic (exact) mass is 348 g/mol. The fraction of sp³-hybridized carbons (Fsp3) is 0.238. The maximum absolute atomic E-state index is 12.6. The summed E-state index contributed by atoms with van der Waals surface area (Å²) in [6.45, 7) is 1.15.